The van der Waals surface area contributed by atoms with Gasteiger partial charge < -0.3 is 20.9 Å². The zero-order valence-electron chi connectivity index (χ0n) is 19.9. The molecule has 0 aromatic rings. The normalized spacial score (nSPS) is 48.9. The standard InChI is InChI=1S/C26H42N2O4/c1-24-11-12-26(32-23(27)31,16-8-13-28-14-9-16)15-17(24)3-4-18-19-5-6-21(22(29)30)25(19,2)10-7-20(18)24/h16-21,28H,3-15H2,1-2H3,(H2,27,31)(H,29,30)/t17?,18-,19-,20-,21?,24-,25-,26?/m0/s1. The van der Waals surface area contributed by atoms with Crippen LogP contribution in [-0.4, -0.2) is 35.9 Å². The van der Waals surface area contributed by atoms with Gasteiger partial charge in [-0.05, 0) is 118 Å². The number of rotatable bonds is 3. The molecule has 6 nitrogen and oxygen atoms in total. The molecule has 4 saturated carbocycles. The first kappa shape index (κ1) is 22.5. The van der Waals surface area contributed by atoms with Crippen molar-refractivity contribution >= 4 is 12.1 Å². The Kier molecular flexibility index (Phi) is 5.54. The topological polar surface area (TPSA) is 102 Å². The first-order valence-corrected chi connectivity index (χ1v) is 13.1. The summed E-state index contributed by atoms with van der Waals surface area (Å²) in [5.74, 6) is 2.10. The molecule has 0 spiro atoms. The number of amides is 1. The van der Waals surface area contributed by atoms with Crippen LogP contribution in [0, 0.1) is 46.3 Å². The summed E-state index contributed by atoms with van der Waals surface area (Å²) < 4.78 is 6.02. The van der Waals surface area contributed by atoms with Crippen molar-refractivity contribution in [1.29, 1.82) is 0 Å². The van der Waals surface area contributed by atoms with E-state index in [4.69, 9.17) is 10.5 Å². The Bertz CT molecular complexity index is 767. The number of carboxylic acid groups (broad SMARTS) is 1. The van der Waals surface area contributed by atoms with Crippen LogP contribution in [0.25, 0.3) is 0 Å². The summed E-state index contributed by atoms with van der Waals surface area (Å²) in [6, 6.07) is 0. The molecule has 8 atom stereocenters. The number of piperidine rings is 1. The van der Waals surface area contributed by atoms with Gasteiger partial charge in [0.25, 0.3) is 0 Å². The molecule has 5 rings (SSSR count). The van der Waals surface area contributed by atoms with E-state index in [1.165, 1.54) is 12.8 Å². The van der Waals surface area contributed by atoms with Gasteiger partial charge in [0.05, 0.1) is 5.92 Å². The number of ether oxygens (including phenoxy) is 1. The molecule has 5 fully saturated rings. The Labute approximate surface area is 192 Å². The number of nitrogens with one attached hydrogen (secondary N) is 1. The van der Waals surface area contributed by atoms with E-state index in [1.807, 2.05) is 0 Å². The summed E-state index contributed by atoms with van der Waals surface area (Å²) in [6.07, 6.45) is 11.0. The quantitative estimate of drug-likeness (QED) is 0.590. The van der Waals surface area contributed by atoms with Gasteiger partial charge in [-0.25, -0.2) is 4.79 Å². The molecule has 4 aliphatic carbocycles. The lowest BCUT2D eigenvalue weighted by Crippen LogP contribution is -2.59. The van der Waals surface area contributed by atoms with Crippen LogP contribution < -0.4 is 11.1 Å². The second-order valence-corrected chi connectivity index (χ2v) is 12.4. The average molecular weight is 447 g/mol. The SMILES string of the molecule is C[C@]12CCC(OC(N)=O)(C3CCNCC3)CC1CC[C@@H]1[C@@H]2CC[C@]2(C)C(C(=O)O)CC[C@@H]12. The number of carbonyl (C=O) groups excluding carboxylic acids is 1. The minimum absolute atomic E-state index is 0.0290. The van der Waals surface area contributed by atoms with E-state index in [0.29, 0.717) is 29.6 Å². The zero-order valence-corrected chi connectivity index (χ0v) is 19.9. The fourth-order valence-corrected chi connectivity index (χ4v) is 9.76. The molecule has 32 heavy (non-hydrogen) atoms. The van der Waals surface area contributed by atoms with Crippen molar-refractivity contribution in [3.05, 3.63) is 0 Å². The summed E-state index contributed by atoms with van der Waals surface area (Å²) in [6.45, 7) is 6.77. The highest BCUT2D eigenvalue weighted by Gasteiger charge is 2.63. The Balaban J connectivity index is 1.38. The Hall–Kier alpha value is -1.30. The van der Waals surface area contributed by atoms with Gasteiger partial charge in [0.2, 0.25) is 0 Å². The number of primary amides is 1. The number of aliphatic carboxylic acids is 1. The summed E-state index contributed by atoms with van der Waals surface area (Å²) in [4.78, 5) is 23.9. The first-order valence-electron chi connectivity index (χ1n) is 13.1. The maximum Gasteiger partial charge on any atom is 0.405 e. The van der Waals surface area contributed by atoms with Crippen molar-refractivity contribution in [3.63, 3.8) is 0 Å². The lowest BCUT2D eigenvalue weighted by molar-refractivity contribution is -0.171. The predicted molar refractivity (Wildman–Crippen MR) is 122 cm³/mol. The van der Waals surface area contributed by atoms with Crippen LogP contribution in [0.1, 0.15) is 84.5 Å². The lowest BCUT2D eigenvalue weighted by atomic mass is 9.43. The minimum atomic E-state index is -0.611. The van der Waals surface area contributed by atoms with Crippen LogP contribution in [0.5, 0.6) is 0 Å². The Morgan fingerprint density at radius 3 is 2.28 bits per heavy atom. The molecule has 0 bridgehead atoms. The lowest BCUT2D eigenvalue weighted by Gasteiger charge is -2.63. The third kappa shape index (κ3) is 3.30. The van der Waals surface area contributed by atoms with Gasteiger partial charge in [-0.2, -0.15) is 0 Å². The number of carbonyl (C=O) groups is 2. The van der Waals surface area contributed by atoms with E-state index in [0.717, 1.165) is 70.9 Å². The fourth-order valence-electron chi connectivity index (χ4n) is 9.76. The van der Waals surface area contributed by atoms with E-state index in [2.05, 4.69) is 19.2 Å². The molecule has 1 amide bonds. The zero-order chi connectivity index (χ0) is 22.7. The van der Waals surface area contributed by atoms with Crippen molar-refractivity contribution in [2.75, 3.05) is 13.1 Å². The molecule has 1 aliphatic heterocycles. The van der Waals surface area contributed by atoms with Crippen molar-refractivity contribution in [3.8, 4) is 0 Å². The van der Waals surface area contributed by atoms with Gasteiger partial charge in [-0.15, -0.1) is 0 Å². The molecule has 0 aromatic heterocycles. The number of hydrogen-bond donors (Lipinski definition) is 3. The molecular weight excluding hydrogens is 404 g/mol. The van der Waals surface area contributed by atoms with Gasteiger partial charge in [0, 0.05) is 5.92 Å². The van der Waals surface area contributed by atoms with Crippen molar-refractivity contribution in [2.45, 2.75) is 90.1 Å². The largest absolute Gasteiger partial charge is 0.481 e. The van der Waals surface area contributed by atoms with Crippen LogP contribution in [0.3, 0.4) is 0 Å². The highest BCUT2D eigenvalue weighted by Crippen LogP contribution is 2.68. The highest BCUT2D eigenvalue weighted by atomic mass is 16.6. The fraction of sp³-hybridized carbons (Fsp3) is 0.923. The third-order valence-corrected chi connectivity index (χ3v) is 11.4. The van der Waals surface area contributed by atoms with Crippen LogP contribution in [0.15, 0.2) is 0 Å². The van der Waals surface area contributed by atoms with Gasteiger partial charge in [-0.3, -0.25) is 4.79 Å². The van der Waals surface area contributed by atoms with Crippen LogP contribution in [0.4, 0.5) is 4.79 Å². The number of nitrogens with two attached hydrogens (primary N) is 1. The van der Waals surface area contributed by atoms with E-state index in [9.17, 15) is 14.7 Å². The predicted octanol–water partition coefficient (Wildman–Crippen LogP) is 4.56. The monoisotopic (exact) mass is 446 g/mol. The molecule has 0 radical (unpaired) electrons. The van der Waals surface area contributed by atoms with E-state index in [-0.39, 0.29) is 16.7 Å². The van der Waals surface area contributed by atoms with Gasteiger partial charge in [0.15, 0.2) is 0 Å². The van der Waals surface area contributed by atoms with Crippen LogP contribution in [0.2, 0.25) is 0 Å². The maximum absolute atomic E-state index is 12.0. The smallest absolute Gasteiger partial charge is 0.405 e. The number of carboxylic acids is 1. The summed E-state index contributed by atoms with van der Waals surface area (Å²) in [5.41, 5.74) is 5.45. The summed E-state index contributed by atoms with van der Waals surface area (Å²) >= 11 is 0. The average Bonchev–Trinajstić information content (AvgIpc) is 3.12. The molecule has 5 aliphatic rings. The van der Waals surface area contributed by atoms with E-state index >= 15 is 0 Å². The van der Waals surface area contributed by atoms with Crippen molar-refractivity contribution < 1.29 is 19.4 Å². The Morgan fingerprint density at radius 2 is 1.59 bits per heavy atom. The molecular formula is C26H42N2O4. The maximum atomic E-state index is 12.0. The van der Waals surface area contributed by atoms with Crippen molar-refractivity contribution in [2.24, 2.45) is 52.1 Å². The van der Waals surface area contributed by atoms with Crippen LogP contribution in [-0.2, 0) is 9.53 Å². The van der Waals surface area contributed by atoms with Gasteiger partial charge >= 0.3 is 12.1 Å². The molecule has 6 heteroatoms. The molecule has 1 saturated heterocycles. The summed E-state index contributed by atoms with van der Waals surface area (Å²) in [7, 11) is 0. The molecule has 0 aromatic carbocycles. The number of hydrogen-bond acceptors (Lipinski definition) is 4. The first-order chi connectivity index (χ1) is 15.2. The summed E-state index contributed by atoms with van der Waals surface area (Å²) in [5, 5.41) is 13.3. The number of fused-ring (bicyclic) bond motifs is 5. The van der Waals surface area contributed by atoms with E-state index in [1.54, 1.807) is 0 Å². The molecule has 180 valence electrons. The third-order valence-electron chi connectivity index (χ3n) is 11.4. The molecule has 1 heterocycles. The second kappa shape index (κ2) is 7.89. The Morgan fingerprint density at radius 1 is 0.875 bits per heavy atom. The van der Waals surface area contributed by atoms with Crippen LogP contribution >= 0.6 is 0 Å². The van der Waals surface area contributed by atoms with Crippen molar-refractivity contribution in [1.82, 2.24) is 5.32 Å². The van der Waals surface area contributed by atoms with E-state index < -0.39 is 17.7 Å². The molecule has 4 N–H and O–H groups in total. The highest BCUT2D eigenvalue weighted by molar-refractivity contribution is 5.71. The minimum Gasteiger partial charge on any atom is -0.481 e. The van der Waals surface area contributed by atoms with Gasteiger partial charge in [-0.1, -0.05) is 13.8 Å². The molecule has 3 unspecified atom stereocenters. The van der Waals surface area contributed by atoms with Gasteiger partial charge in [0.1, 0.15) is 5.60 Å². The second-order valence-electron chi connectivity index (χ2n) is 12.4.